The van der Waals surface area contributed by atoms with Crippen molar-refractivity contribution in [3.8, 4) is 0 Å². The van der Waals surface area contributed by atoms with Gasteiger partial charge in [0, 0.05) is 19.3 Å². The molecule has 68 heavy (non-hydrogen) atoms. The fourth-order valence-corrected chi connectivity index (χ4v) is 8.13. The molecule has 0 aromatic carbocycles. The number of hydrogen-bond donors (Lipinski definition) is 0. The summed E-state index contributed by atoms with van der Waals surface area (Å²) in [6.45, 7) is 6.50. The van der Waals surface area contributed by atoms with Gasteiger partial charge in [0.25, 0.3) is 0 Å². The monoisotopic (exact) mass is 949 g/mol. The zero-order valence-electron chi connectivity index (χ0n) is 44.9. The van der Waals surface area contributed by atoms with Crippen molar-refractivity contribution in [3.63, 3.8) is 0 Å². The molecule has 0 aliphatic carbocycles. The summed E-state index contributed by atoms with van der Waals surface area (Å²) >= 11 is 0. The SMILES string of the molecule is CC/C=C\C/C=C\C/C=C\C/C=C\CCCCCC(=O)OC(COC(=O)CCCCC/C=C\C=C/CCCCCCCCC)COC(=O)CCCCCCCCCCCCCCCCCCCC. The van der Waals surface area contributed by atoms with Gasteiger partial charge in [-0.2, -0.15) is 0 Å². The molecular formula is C62H108O6. The predicted molar refractivity (Wildman–Crippen MR) is 293 cm³/mol. The van der Waals surface area contributed by atoms with Crippen molar-refractivity contribution in [2.75, 3.05) is 13.2 Å². The molecule has 0 saturated carbocycles. The molecule has 6 nitrogen and oxygen atoms in total. The van der Waals surface area contributed by atoms with Gasteiger partial charge in [-0.15, -0.1) is 0 Å². The zero-order valence-corrected chi connectivity index (χ0v) is 44.9. The molecule has 392 valence electrons. The fourth-order valence-electron chi connectivity index (χ4n) is 8.13. The summed E-state index contributed by atoms with van der Waals surface area (Å²) in [6, 6.07) is 0. The first kappa shape index (κ1) is 64.8. The summed E-state index contributed by atoms with van der Waals surface area (Å²) in [7, 11) is 0. The molecule has 0 radical (unpaired) electrons. The van der Waals surface area contributed by atoms with Crippen LogP contribution in [-0.4, -0.2) is 37.2 Å². The number of carbonyl (C=O) groups is 3. The minimum atomic E-state index is -0.802. The number of esters is 3. The maximum Gasteiger partial charge on any atom is 0.306 e. The van der Waals surface area contributed by atoms with E-state index in [9.17, 15) is 14.4 Å². The van der Waals surface area contributed by atoms with E-state index in [4.69, 9.17) is 14.2 Å². The van der Waals surface area contributed by atoms with Crippen molar-refractivity contribution < 1.29 is 28.6 Å². The number of unbranched alkanes of at least 4 members (excludes halogenated alkanes) is 30. The quantitative estimate of drug-likeness (QED) is 0.0199. The summed E-state index contributed by atoms with van der Waals surface area (Å²) in [5.74, 6) is -0.944. The standard InChI is InChI=1S/C62H108O6/c1-4-7-10-13-16-19-22-25-28-31-32-35-37-40-43-46-49-52-55-61(64)67-58-59(68-62(65)56-53-50-47-44-41-38-34-30-27-24-21-18-15-12-9-6-3)57-66-60(63)54-51-48-45-42-39-36-33-29-26-23-20-17-14-11-8-5-2/h9,12,18,21,27,29-30,33,36,38-39,41,59H,4-8,10-11,13-17,19-20,22-26,28,31-32,34-35,37,40,42-58H2,1-3H3/b12-9-,21-18-,30-27-,33-29-,39-36-,41-38-. The second-order valence-corrected chi connectivity index (χ2v) is 19.2. The van der Waals surface area contributed by atoms with Crippen LogP contribution in [0.1, 0.15) is 284 Å². The Hall–Kier alpha value is -3.15. The molecule has 1 unspecified atom stereocenters. The third-order valence-electron chi connectivity index (χ3n) is 12.5. The van der Waals surface area contributed by atoms with Gasteiger partial charge in [-0.1, -0.05) is 254 Å². The molecule has 0 aliphatic rings. The number of rotatable bonds is 52. The lowest BCUT2D eigenvalue weighted by Gasteiger charge is -2.18. The molecule has 6 heteroatoms. The van der Waals surface area contributed by atoms with Crippen molar-refractivity contribution in [2.24, 2.45) is 0 Å². The van der Waals surface area contributed by atoms with E-state index in [1.807, 2.05) is 0 Å². The molecule has 0 aromatic rings. The van der Waals surface area contributed by atoms with Crippen LogP contribution in [0.15, 0.2) is 72.9 Å². The first-order valence-corrected chi connectivity index (χ1v) is 29.0. The highest BCUT2D eigenvalue weighted by Crippen LogP contribution is 2.16. The lowest BCUT2D eigenvalue weighted by Crippen LogP contribution is -2.30. The molecule has 1 atom stereocenters. The molecular weight excluding hydrogens is 841 g/mol. The first-order chi connectivity index (χ1) is 33.5. The summed E-state index contributed by atoms with van der Waals surface area (Å²) in [6.07, 6.45) is 71.8. The van der Waals surface area contributed by atoms with Crippen LogP contribution < -0.4 is 0 Å². The fraction of sp³-hybridized carbons (Fsp3) is 0.758. The number of carbonyl (C=O) groups excluding carboxylic acids is 3. The van der Waals surface area contributed by atoms with Crippen molar-refractivity contribution in [3.05, 3.63) is 72.9 Å². The van der Waals surface area contributed by atoms with Crippen LogP contribution in [0.3, 0.4) is 0 Å². The summed E-state index contributed by atoms with van der Waals surface area (Å²) in [5, 5.41) is 0. The molecule has 0 aliphatic heterocycles. The molecule has 0 aromatic heterocycles. The Morgan fingerprint density at radius 3 is 1.00 bits per heavy atom. The summed E-state index contributed by atoms with van der Waals surface area (Å²) in [5.41, 5.74) is 0. The molecule has 0 spiro atoms. The summed E-state index contributed by atoms with van der Waals surface area (Å²) in [4.78, 5) is 38.1. The van der Waals surface area contributed by atoms with Crippen LogP contribution in [0.5, 0.6) is 0 Å². The van der Waals surface area contributed by atoms with Gasteiger partial charge in [0.2, 0.25) is 0 Å². The second kappa shape index (κ2) is 56.4. The van der Waals surface area contributed by atoms with Crippen molar-refractivity contribution in [1.29, 1.82) is 0 Å². The third kappa shape index (κ3) is 53.8. The average Bonchev–Trinajstić information content (AvgIpc) is 3.34. The molecule has 0 N–H and O–H groups in total. The smallest absolute Gasteiger partial charge is 0.306 e. The van der Waals surface area contributed by atoms with Gasteiger partial charge in [-0.05, 0) is 83.5 Å². The lowest BCUT2D eigenvalue weighted by atomic mass is 10.0. The molecule has 0 heterocycles. The number of hydrogen-bond acceptors (Lipinski definition) is 6. The largest absolute Gasteiger partial charge is 0.462 e. The van der Waals surface area contributed by atoms with Crippen LogP contribution in [0, 0.1) is 0 Å². The highest BCUT2D eigenvalue weighted by Gasteiger charge is 2.19. The van der Waals surface area contributed by atoms with Crippen LogP contribution >= 0.6 is 0 Å². The normalized spacial score (nSPS) is 12.6. The van der Waals surface area contributed by atoms with Gasteiger partial charge in [0.1, 0.15) is 13.2 Å². The van der Waals surface area contributed by atoms with E-state index < -0.39 is 6.10 Å². The molecule has 0 fully saturated rings. The Bertz CT molecular complexity index is 1270. The van der Waals surface area contributed by atoms with Gasteiger partial charge >= 0.3 is 17.9 Å². The molecule has 0 bridgehead atoms. The highest BCUT2D eigenvalue weighted by molar-refractivity contribution is 5.71. The van der Waals surface area contributed by atoms with E-state index in [-0.39, 0.29) is 37.5 Å². The van der Waals surface area contributed by atoms with Gasteiger partial charge in [0.05, 0.1) is 0 Å². The Labute approximate surface area is 421 Å². The van der Waals surface area contributed by atoms with Crippen LogP contribution in [0.2, 0.25) is 0 Å². The minimum Gasteiger partial charge on any atom is -0.462 e. The van der Waals surface area contributed by atoms with Gasteiger partial charge < -0.3 is 14.2 Å². The van der Waals surface area contributed by atoms with Gasteiger partial charge in [-0.25, -0.2) is 0 Å². The van der Waals surface area contributed by atoms with Crippen LogP contribution in [-0.2, 0) is 28.6 Å². The molecule has 0 rings (SSSR count). The van der Waals surface area contributed by atoms with Gasteiger partial charge in [-0.3, -0.25) is 14.4 Å². The van der Waals surface area contributed by atoms with E-state index >= 15 is 0 Å². The average molecular weight is 950 g/mol. The van der Waals surface area contributed by atoms with Gasteiger partial charge in [0.15, 0.2) is 6.10 Å². The summed E-state index contributed by atoms with van der Waals surface area (Å²) < 4.78 is 16.8. The van der Waals surface area contributed by atoms with Crippen molar-refractivity contribution >= 4 is 17.9 Å². The van der Waals surface area contributed by atoms with E-state index in [1.54, 1.807) is 0 Å². The van der Waals surface area contributed by atoms with Crippen molar-refractivity contribution in [2.45, 2.75) is 290 Å². The molecule has 0 amide bonds. The van der Waals surface area contributed by atoms with E-state index in [0.717, 1.165) is 103 Å². The van der Waals surface area contributed by atoms with Crippen LogP contribution in [0.4, 0.5) is 0 Å². The second-order valence-electron chi connectivity index (χ2n) is 19.2. The third-order valence-corrected chi connectivity index (χ3v) is 12.5. The number of allylic oxidation sites excluding steroid dienone is 12. The topological polar surface area (TPSA) is 78.9 Å². The molecule has 0 saturated heterocycles. The number of ether oxygens (including phenoxy) is 3. The van der Waals surface area contributed by atoms with Crippen molar-refractivity contribution in [1.82, 2.24) is 0 Å². The first-order valence-electron chi connectivity index (χ1n) is 29.0. The highest BCUT2D eigenvalue weighted by atomic mass is 16.6. The predicted octanol–water partition coefficient (Wildman–Crippen LogP) is 19.4. The maximum atomic E-state index is 12.8. The van der Waals surface area contributed by atoms with E-state index in [2.05, 4.69) is 93.7 Å². The Morgan fingerprint density at radius 1 is 0.324 bits per heavy atom. The Balaban J connectivity index is 4.44. The Kier molecular flexibility index (Phi) is 53.8. The minimum absolute atomic E-state index is 0.0947. The van der Waals surface area contributed by atoms with E-state index in [0.29, 0.717) is 12.8 Å². The Morgan fingerprint density at radius 2 is 0.618 bits per heavy atom. The zero-order chi connectivity index (χ0) is 49.3. The lowest BCUT2D eigenvalue weighted by molar-refractivity contribution is -0.167. The maximum absolute atomic E-state index is 12.8. The van der Waals surface area contributed by atoms with Crippen LogP contribution in [0.25, 0.3) is 0 Å². The van der Waals surface area contributed by atoms with E-state index in [1.165, 1.54) is 141 Å².